The third kappa shape index (κ3) is 5.01. The molecule has 0 heterocycles. The molecule has 0 bridgehead atoms. The molecule has 0 fully saturated rings. The maximum atomic E-state index is 5.07. The molecule has 0 saturated carbocycles. The lowest BCUT2D eigenvalue weighted by Gasteiger charge is -2.14. The van der Waals surface area contributed by atoms with Gasteiger partial charge in [0, 0.05) is 18.6 Å². The van der Waals surface area contributed by atoms with E-state index in [0.29, 0.717) is 6.73 Å². The third-order valence-corrected chi connectivity index (χ3v) is 3.26. The minimum atomic E-state index is 0.698. The van der Waals surface area contributed by atoms with Crippen LogP contribution in [0.1, 0.15) is 12.5 Å². The Bertz CT molecular complexity index is 286. The molecule has 2 nitrogen and oxygen atoms in total. The molecule has 0 aliphatic rings. The average Bonchev–Trinajstić information content (AvgIpc) is 2.29. The minimum Gasteiger partial charge on any atom is -0.369 e. The van der Waals surface area contributed by atoms with Crippen LogP contribution < -0.4 is 0 Å². The van der Waals surface area contributed by atoms with E-state index in [1.807, 2.05) is 11.8 Å². The molecule has 0 N–H and O–H groups in total. The zero-order valence-electron chi connectivity index (χ0n) is 10.4. The second kappa shape index (κ2) is 7.71. The number of methoxy groups -OCH3 is 1. The van der Waals surface area contributed by atoms with Crippen LogP contribution in [0.3, 0.4) is 0 Å². The van der Waals surface area contributed by atoms with E-state index in [4.69, 9.17) is 4.74 Å². The Hall–Kier alpha value is -0.510. The Morgan fingerprint density at radius 3 is 2.50 bits per heavy atom. The summed E-state index contributed by atoms with van der Waals surface area (Å²) in [6, 6.07) is 8.86. The van der Waals surface area contributed by atoms with Gasteiger partial charge >= 0.3 is 0 Å². The first-order valence-electron chi connectivity index (χ1n) is 5.65. The Balaban J connectivity index is 2.37. The number of nitrogens with zero attached hydrogens (tertiary/aromatic N) is 1. The van der Waals surface area contributed by atoms with Gasteiger partial charge in [0.25, 0.3) is 0 Å². The van der Waals surface area contributed by atoms with Crippen molar-refractivity contribution in [2.75, 3.05) is 33.2 Å². The zero-order valence-corrected chi connectivity index (χ0v) is 11.2. The molecule has 1 rings (SSSR count). The van der Waals surface area contributed by atoms with Crippen molar-refractivity contribution >= 4 is 11.8 Å². The molecule has 16 heavy (non-hydrogen) atoms. The van der Waals surface area contributed by atoms with Crippen molar-refractivity contribution in [1.82, 2.24) is 4.90 Å². The number of hydrogen-bond donors (Lipinski definition) is 0. The first kappa shape index (κ1) is 13.6. The van der Waals surface area contributed by atoms with Gasteiger partial charge < -0.3 is 4.74 Å². The lowest BCUT2D eigenvalue weighted by Crippen LogP contribution is -2.23. The summed E-state index contributed by atoms with van der Waals surface area (Å²) in [7, 11) is 3.80. The van der Waals surface area contributed by atoms with E-state index in [-0.39, 0.29) is 0 Å². The van der Waals surface area contributed by atoms with Crippen LogP contribution in [0, 0.1) is 0 Å². The van der Waals surface area contributed by atoms with Gasteiger partial charge in [0.2, 0.25) is 0 Å². The van der Waals surface area contributed by atoms with Crippen LogP contribution in [0.2, 0.25) is 0 Å². The predicted molar refractivity (Wildman–Crippen MR) is 71.1 cm³/mol. The molecule has 3 heteroatoms. The van der Waals surface area contributed by atoms with Gasteiger partial charge in [0.1, 0.15) is 0 Å². The Labute approximate surface area is 103 Å². The van der Waals surface area contributed by atoms with Crippen LogP contribution in [-0.2, 0) is 11.2 Å². The molecule has 1 aromatic rings. The average molecular weight is 239 g/mol. The molecule has 0 amide bonds. The van der Waals surface area contributed by atoms with Gasteiger partial charge in [-0.25, -0.2) is 0 Å². The predicted octanol–water partition coefficient (Wildman–Crippen LogP) is 2.88. The van der Waals surface area contributed by atoms with Crippen LogP contribution in [0.5, 0.6) is 0 Å². The quantitative estimate of drug-likeness (QED) is 0.536. The molecule has 90 valence electrons. The smallest absolute Gasteiger partial charge is 0.0984 e. The summed E-state index contributed by atoms with van der Waals surface area (Å²) in [6.07, 6.45) is 1.08. The van der Waals surface area contributed by atoms with Gasteiger partial charge in [-0.1, -0.05) is 19.1 Å². The number of thioether (sulfide) groups is 1. The molecular weight excluding hydrogens is 218 g/mol. The lowest BCUT2D eigenvalue weighted by molar-refractivity contribution is 0.0827. The highest BCUT2D eigenvalue weighted by Gasteiger charge is 1.99. The van der Waals surface area contributed by atoms with Gasteiger partial charge in [-0.2, -0.15) is 0 Å². The molecule has 0 radical (unpaired) electrons. The summed E-state index contributed by atoms with van der Waals surface area (Å²) >= 11 is 1.89. The molecule has 0 spiro atoms. The molecule has 0 aliphatic carbocycles. The second-order valence-corrected chi connectivity index (χ2v) is 5.16. The number of likely N-dealkylation sites (N-methyl/N-ethyl adjacent to an activating group) is 1. The van der Waals surface area contributed by atoms with E-state index in [2.05, 4.69) is 43.1 Å². The van der Waals surface area contributed by atoms with Crippen LogP contribution in [-0.4, -0.2) is 38.1 Å². The normalized spacial score (nSPS) is 11.0. The molecule has 0 unspecified atom stereocenters. The fourth-order valence-corrected chi connectivity index (χ4v) is 2.19. The number of benzene rings is 1. The fourth-order valence-electron chi connectivity index (χ4n) is 1.52. The number of hydrogen-bond acceptors (Lipinski definition) is 3. The van der Waals surface area contributed by atoms with E-state index < -0.39 is 0 Å². The van der Waals surface area contributed by atoms with Crippen LogP contribution in [0.25, 0.3) is 0 Å². The summed E-state index contributed by atoms with van der Waals surface area (Å²) in [5.41, 5.74) is 1.39. The molecule has 0 aromatic heterocycles. The maximum absolute atomic E-state index is 5.07. The van der Waals surface area contributed by atoms with Crippen LogP contribution >= 0.6 is 11.8 Å². The highest BCUT2D eigenvalue weighted by atomic mass is 32.2. The fraction of sp³-hybridized carbons (Fsp3) is 0.538. The lowest BCUT2D eigenvalue weighted by atomic mass is 10.1. The Kier molecular flexibility index (Phi) is 6.53. The van der Waals surface area contributed by atoms with Crippen molar-refractivity contribution in [2.24, 2.45) is 0 Å². The first-order chi connectivity index (χ1) is 7.76. The maximum Gasteiger partial charge on any atom is 0.0984 e. The summed E-state index contributed by atoms with van der Waals surface area (Å²) in [4.78, 5) is 3.53. The van der Waals surface area contributed by atoms with Crippen LogP contribution in [0.4, 0.5) is 0 Å². The topological polar surface area (TPSA) is 12.5 Å². The largest absolute Gasteiger partial charge is 0.369 e. The van der Waals surface area contributed by atoms with Gasteiger partial charge in [0.05, 0.1) is 6.73 Å². The standard InChI is InChI=1S/C13H21NOS/c1-4-16-13-7-5-12(6-8-13)9-10-14(2)11-15-3/h5-8H,4,9-11H2,1-3H3. The van der Waals surface area contributed by atoms with Crippen molar-refractivity contribution in [2.45, 2.75) is 18.2 Å². The SMILES string of the molecule is CCSc1ccc(CCN(C)COC)cc1. The number of rotatable bonds is 7. The minimum absolute atomic E-state index is 0.698. The summed E-state index contributed by atoms with van der Waals surface area (Å²) in [5.74, 6) is 1.13. The van der Waals surface area contributed by atoms with E-state index in [1.165, 1.54) is 10.5 Å². The van der Waals surface area contributed by atoms with Gasteiger partial charge in [-0.15, -0.1) is 11.8 Å². The zero-order chi connectivity index (χ0) is 11.8. The van der Waals surface area contributed by atoms with Crippen molar-refractivity contribution in [3.05, 3.63) is 29.8 Å². The summed E-state index contributed by atoms with van der Waals surface area (Å²) in [5, 5.41) is 0. The van der Waals surface area contributed by atoms with E-state index in [9.17, 15) is 0 Å². The van der Waals surface area contributed by atoms with Crippen molar-refractivity contribution < 1.29 is 4.74 Å². The third-order valence-electron chi connectivity index (χ3n) is 2.37. The van der Waals surface area contributed by atoms with Crippen molar-refractivity contribution in [3.8, 4) is 0 Å². The molecule has 0 saturated heterocycles. The molecule has 0 aliphatic heterocycles. The van der Waals surface area contributed by atoms with Crippen molar-refractivity contribution in [1.29, 1.82) is 0 Å². The first-order valence-corrected chi connectivity index (χ1v) is 6.64. The summed E-state index contributed by atoms with van der Waals surface area (Å²) in [6.45, 7) is 3.91. The van der Waals surface area contributed by atoms with Gasteiger partial charge in [-0.05, 0) is 36.9 Å². The molecule has 1 aromatic carbocycles. The second-order valence-electron chi connectivity index (χ2n) is 3.82. The van der Waals surface area contributed by atoms with E-state index in [1.54, 1.807) is 7.11 Å². The van der Waals surface area contributed by atoms with Gasteiger partial charge in [0.15, 0.2) is 0 Å². The summed E-state index contributed by atoms with van der Waals surface area (Å²) < 4.78 is 5.07. The molecular formula is C13H21NOS. The highest BCUT2D eigenvalue weighted by molar-refractivity contribution is 7.99. The number of ether oxygens (including phenoxy) is 1. The van der Waals surface area contributed by atoms with E-state index >= 15 is 0 Å². The van der Waals surface area contributed by atoms with E-state index in [0.717, 1.165) is 18.7 Å². The molecule has 0 atom stereocenters. The van der Waals surface area contributed by atoms with Gasteiger partial charge in [-0.3, -0.25) is 4.90 Å². The Morgan fingerprint density at radius 1 is 1.25 bits per heavy atom. The monoisotopic (exact) mass is 239 g/mol. The van der Waals surface area contributed by atoms with Crippen molar-refractivity contribution in [3.63, 3.8) is 0 Å². The Morgan fingerprint density at radius 2 is 1.94 bits per heavy atom. The highest BCUT2D eigenvalue weighted by Crippen LogP contribution is 2.17. The van der Waals surface area contributed by atoms with Crippen LogP contribution in [0.15, 0.2) is 29.2 Å².